The maximum Gasteiger partial charge on any atom is 0.327 e. The Morgan fingerprint density at radius 1 is 1.06 bits per heavy atom. The van der Waals surface area contributed by atoms with Gasteiger partial charge in [-0.3, -0.25) is 19.8 Å². The van der Waals surface area contributed by atoms with Crippen molar-refractivity contribution in [1.29, 1.82) is 0 Å². The molecule has 0 radical (unpaired) electrons. The van der Waals surface area contributed by atoms with Crippen LogP contribution in [0.2, 0.25) is 0 Å². The predicted molar refractivity (Wildman–Crippen MR) is 120 cm³/mol. The molecule has 0 N–H and O–H groups in total. The van der Waals surface area contributed by atoms with E-state index >= 15 is 0 Å². The molecule has 0 atom stereocenters. The van der Waals surface area contributed by atoms with E-state index < -0.39 is 16.5 Å². The third-order valence-corrected chi connectivity index (χ3v) is 6.04. The molecule has 2 heterocycles. The summed E-state index contributed by atoms with van der Waals surface area (Å²) in [4.78, 5) is 28.4. The highest BCUT2D eigenvalue weighted by molar-refractivity contribution is 6.00. The van der Waals surface area contributed by atoms with Crippen molar-refractivity contribution in [2.45, 2.75) is 13.0 Å². The normalized spacial score (nSPS) is 15.5. The SMILES string of the molecule is COc1cc(C(=O)N2CCN(Cc3ccc4c(c3)CCO4)CC2)c([N+](=O)[O-])c(OC)c1OC. The lowest BCUT2D eigenvalue weighted by Crippen LogP contribution is -2.48. The third kappa shape index (κ3) is 4.38. The Labute approximate surface area is 191 Å². The van der Waals surface area contributed by atoms with Crippen LogP contribution in [0.5, 0.6) is 23.0 Å². The molecule has 0 bridgehead atoms. The number of hydrogen-bond acceptors (Lipinski definition) is 8. The molecule has 0 saturated carbocycles. The number of ether oxygens (including phenoxy) is 4. The van der Waals surface area contributed by atoms with Crippen molar-refractivity contribution in [3.05, 3.63) is 51.1 Å². The third-order valence-electron chi connectivity index (χ3n) is 6.04. The molecule has 2 aromatic rings. The van der Waals surface area contributed by atoms with Crippen LogP contribution in [-0.4, -0.2) is 74.7 Å². The van der Waals surface area contributed by atoms with Crippen LogP contribution in [0.4, 0.5) is 5.69 Å². The molecule has 1 saturated heterocycles. The van der Waals surface area contributed by atoms with Crippen LogP contribution in [0.25, 0.3) is 0 Å². The van der Waals surface area contributed by atoms with Gasteiger partial charge in [0.05, 0.1) is 32.9 Å². The van der Waals surface area contributed by atoms with E-state index in [0.717, 1.165) is 25.3 Å². The van der Waals surface area contributed by atoms with Gasteiger partial charge in [-0.05, 0) is 17.2 Å². The number of rotatable bonds is 7. The van der Waals surface area contributed by atoms with E-state index in [0.29, 0.717) is 26.2 Å². The number of hydrogen-bond donors (Lipinski definition) is 0. The van der Waals surface area contributed by atoms with Crippen LogP contribution in [0, 0.1) is 10.1 Å². The van der Waals surface area contributed by atoms with E-state index in [1.165, 1.54) is 38.5 Å². The zero-order valence-corrected chi connectivity index (χ0v) is 19.0. The number of benzene rings is 2. The van der Waals surface area contributed by atoms with Gasteiger partial charge in [0.2, 0.25) is 11.5 Å². The lowest BCUT2D eigenvalue weighted by atomic mass is 10.1. The van der Waals surface area contributed by atoms with Crippen molar-refractivity contribution in [2.75, 3.05) is 54.1 Å². The zero-order chi connectivity index (χ0) is 23.5. The molecule has 2 aliphatic rings. The average molecular weight is 457 g/mol. The molecule has 176 valence electrons. The van der Waals surface area contributed by atoms with E-state index in [1.807, 2.05) is 6.07 Å². The highest BCUT2D eigenvalue weighted by Gasteiger charge is 2.35. The molecule has 33 heavy (non-hydrogen) atoms. The summed E-state index contributed by atoms with van der Waals surface area (Å²) in [6.45, 7) is 3.75. The largest absolute Gasteiger partial charge is 0.493 e. The van der Waals surface area contributed by atoms with Crippen LogP contribution in [0.15, 0.2) is 24.3 Å². The van der Waals surface area contributed by atoms with E-state index in [1.54, 1.807) is 4.90 Å². The second-order valence-corrected chi connectivity index (χ2v) is 7.91. The number of carbonyl (C=O) groups is 1. The standard InChI is InChI=1S/C23H27N3O7/c1-30-19-13-17(20(26(28)29)22(32-3)21(19)31-2)23(27)25-9-7-24(8-10-25)14-15-4-5-18-16(12-15)6-11-33-18/h4-5,12-13H,6-11,14H2,1-3H3. The van der Waals surface area contributed by atoms with E-state index in [2.05, 4.69) is 17.0 Å². The highest BCUT2D eigenvalue weighted by Crippen LogP contribution is 2.46. The summed E-state index contributed by atoms with van der Waals surface area (Å²) >= 11 is 0. The van der Waals surface area contributed by atoms with Crippen LogP contribution >= 0.6 is 0 Å². The summed E-state index contributed by atoms with van der Waals surface area (Å²) in [5, 5.41) is 11.8. The van der Waals surface area contributed by atoms with E-state index in [-0.39, 0.29) is 22.8 Å². The summed E-state index contributed by atoms with van der Waals surface area (Å²) < 4.78 is 21.3. The lowest BCUT2D eigenvalue weighted by Gasteiger charge is -2.34. The number of nitro benzene ring substituents is 1. The highest BCUT2D eigenvalue weighted by atomic mass is 16.6. The lowest BCUT2D eigenvalue weighted by molar-refractivity contribution is -0.386. The van der Waals surface area contributed by atoms with Gasteiger partial charge in [-0.1, -0.05) is 12.1 Å². The first-order valence-corrected chi connectivity index (χ1v) is 10.7. The predicted octanol–water partition coefficient (Wildman–Crippen LogP) is 2.51. The second kappa shape index (κ2) is 9.53. The molecule has 10 heteroatoms. The average Bonchev–Trinajstić information content (AvgIpc) is 3.30. The van der Waals surface area contributed by atoms with Crippen LogP contribution in [0.1, 0.15) is 21.5 Å². The number of fused-ring (bicyclic) bond motifs is 1. The molecular formula is C23H27N3O7. The van der Waals surface area contributed by atoms with Gasteiger partial charge in [-0.2, -0.15) is 0 Å². The summed E-state index contributed by atoms with van der Waals surface area (Å²) in [6, 6.07) is 7.61. The number of carbonyl (C=O) groups excluding carboxylic acids is 1. The Kier molecular flexibility index (Phi) is 6.55. The summed E-state index contributed by atoms with van der Waals surface area (Å²) in [5.74, 6) is 0.663. The Balaban J connectivity index is 1.50. The molecule has 0 aromatic heterocycles. The Hall–Kier alpha value is -3.53. The number of nitro groups is 1. The number of piperazine rings is 1. The van der Waals surface area contributed by atoms with Crippen LogP contribution < -0.4 is 18.9 Å². The first-order valence-electron chi connectivity index (χ1n) is 10.7. The molecule has 0 unspecified atom stereocenters. The molecule has 10 nitrogen and oxygen atoms in total. The first kappa shape index (κ1) is 22.7. The van der Waals surface area contributed by atoms with Gasteiger partial charge in [0.1, 0.15) is 11.3 Å². The van der Waals surface area contributed by atoms with Crippen molar-refractivity contribution in [3.63, 3.8) is 0 Å². The molecule has 2 aromatic carbocycles. The smallest absolute Gasteiger partial charge is 0.327 e. The van der Waals surface area contributed by atoms with Gasteiger partial charge in [-0.25, -0.2) is 0 Å². The van der Waals surface area contributed by atoms with Crippen molar-refractivity contribution in [3.8, 4) is 23.0 Å². The molecule has 4 rings (SSSR count). The van der Waals surface area contributed by atoms with Crippen molar-refractivity contribution in [2.24, 2.45) is 0 Å². The first-order chi connectivity index (χ1) is 16.0. The Morgan fingerprint density at radius 3 is 2.42 bits per heavy atom. The maximum absolute atomic E-state index is 13.3. The minimum atomic E-state index is -0.623. The van der Waals surface area contributed by atoms with E-state index in [4.69, 9.17) is 18.9 Å². The van der Waals surface area contributed by atoms with Gasteiger partial charge in [0.25, 0.3) is 5.91 Å². The second-order valence-electron chi connectivity index (χ2n) is 7.91. The molecule has 1 fully saturated rings. The van der Waals surface area contributed by atoms with Gasteiger partial charge < -0.3 is 23.8 Å². The van der Waals surface area contributed by atoms with Crippen LogP contribution in [-0.2, 0) is 13.0 Å². The molecule has 0 spiro atoms. The summed E-state index contributed by atoms with van der Waals surface area (Å²) in [5.41, 5.74) is 1.93. The maximum atomic E-state index is 13.3. The molecule has 2 aliphatic heterocycles. The van der Waals surface area contributed by atoms with Crippen molar-refractivity contribution >= 4 is 11.6 Å². The molecular weight excluding hydrogens is 430 g/mol. The molecule has 0 aliphatic carbocycles. The molecule has 1 amide bonds. The topological polar surface area (TPSA) is 104 Å². The van der Waals surface area contributed by atoms with Gasteiger partial charge in [0.15, 0.2) is 5.75 Å². The number of nitrogens with zero attached hydrogens (tertiary/aromatic N) is 3. The van der Waals surface area contributed by atoms with E-state index in [9.17, 15) is 14.9 Å². The fourth-order valence-corrected chi connectivity index (χ4v) is 4.36. The number of methoxy groups -OCH3 is 3. The van der Waals surface area contributed by atoms with Gasteiger partial charge in [-0.15, -0.1) is 0 Å². The van der Waals surface area contributed by atoms with Gasteiger partial charge in [0, 0.05) is 45.2 Å². The fourth-order valence-electron chi connectivity index (χ4n) is 4.36. The summed E-state index contributed by atoms with van der Waals surface area (Å²) in [7, 11) is 4.06. The Morgan fingerprint density at radius 2 is 1.79 bits per heavy atom. The van der Waals surface area contributed by atoms with Crippen molar-refractivity contribution < 1.29 is 28.7 Å². The van der Waals surface area contributed by atoms with Gasteiger partial charge >= 0.3 is 5.69 Å². The number of amides is 1. The fraction of sp³-hybridized carbons (Fsp3) is 0.435. The Bertz CT molecular complexity index is 1060. The zero-order valence-electron chi connectivity index (χ0n) is 19.0. The van der Waals surface area contributed by atoms with Crippen molar-refractivity contribution in [1.82, 2.24) is 9.80 Å². The minimum absolute atomic E-state index is 0.0767. The monoisotopic (exact) mass is 457 g/mol. The summed E-state index contributed by atoms with van der Waals surface area (Å²) in [6.07, 6.45) is 0.930. The quantitative estimate of drug-likeness (QED) is 0.462. The minimum Gasteiger partial charge on any atom is -0.493 e. The van der Waals surface area contributed by atoms with Crippen LogP contribution in [0.3, 0.4) is 0 Å².